The van der Waals surface area contributed by atoms with Crippen LogP contribution < -0.4 is 10.6 Å². The second-order valence-corrected chi connectivity index (χ2v) is 7.39. The van der Waals surface area contributed by atoms with Crippen LogP contribution in [0.3, 0.4) is 0 Å². The number of hydrogen-bond acceptors (Lipinski definition) is 4. The van der Waals surface area contributed by atoms with Crippen LogP contribution >= 0.6 is 11.8 Å². The Morgan fingerprint density at radius 2 is 1.54 bits per heavy atom. The smallest absolute Gasteiger partial charge is 0.221 e. The summed E-state index contributed by atoms with van der Waals surface area (Å²) < 4.78 is 0. The van der Waals surface area contributed by atoms with Gasteiger partial charge in [0.05, 0.1) is 11.4 Å². The summed E-state index contributed by atoms with van der Waals surface area (Å²) in [6.45, 7) is 2.78. The number of amides is 2. The average molecular weight is 392 g/mol. The Morgan fingerprint density at radius 1 is 0.821 bits per heavy atom. The van der Waals surface area contributed by atoms with Gasteiger partial charge in [-0.3, -0.25) is 14.4 Å². The van der Waals surface area contributed by atoms with Gasteiger partial charge in [-0.05, 0) is 41.1 Å². The first kappa shape index (κ1) is 19.6. The normalized spacial score (nSPS) is 10.5. The van der Waals surface area contributed by atoms with Gasteiger partial charge in [-0.25, -0.2) is 0 Å². The van der Waals surface area contributed by atoms with Crippen molar-refractivity contribution >= 4 is 51.5 Å². The molecular weight excluding hydrogens is 372 g/mol. The first-order valence-corrected chi connectivity index (χ1v) is 9.75. The lowest BCUT2D eigenvalue weighted by atomic mass is 10.1. The van der Waals surface area contributed by atoms with E-state index in [2.05, 4.69) is 16.7 Å². The van der Waals surface area contributed by atoms with Gasteiger partial charge in [0.15, 0.2) is 5.78 Å². The second-order valence-electron chi connectivity index (χ2n) is 6.34. The largest absolute Gasteiger partial charge is 0.326 e. The number of carbonyl (C=O) groups excluding carboxylic acids is 3. The van der Waals surface area contributed by atoms with Crippen molar-refractivity contribution in [1.29, 1.82) is 0 Å². The molecule has 3 rings (SSSR count). The topological polar surface area (TPSA) is 75.3 Å². The van der Waals surface area contributed by atoms with Gasteiger partial charge in [-0.2, -0.15) is 0 Å². The SMILES string of the molecule is CC(=O)Nc1ccc(C(=O)CSc2ccc3ccccc3c2)c(NC(C)=O)c1. The van der Waals surface area contributed by atoms with Gasteiger partial charge >= 0.3 is 0 Å². The summed E-state index contributed by atoms with van der Waals surface area (Å²) in [5.74, 6) is -0.364. The van der Waals surface area contributed by atoms with Crippen molar-refractivity contribution in [3.05, 3.63) is 66.2 Å². The van der Waals surface area contributed by atoms with Crippen LogP contribution in [0.2, 0.25) is 0 Å². The van der Waals surface area contributed by atoms with E-state index in [1.807, 2.05) is 36.4 Å². The van der Waals surface area contributed by atoms with Crippen LogP contribution in [0.15, 0.2) is 65.6 Å². The minimum atomic E-state index is -0.281. The molecule has 2 N–H and O–H groups in total. The van der Waals surface area contributed by atoms with E-state index < -0.39 is 0 Å². The molecule has 6 heteroatoms. The summed E-state index contributed by atoms with van der Waals surface area (Å²) in [6, 6.07) is 19.0. The van der Waals surface area contributed by atoms with Gasteiger partial charge in [0.1, 0.15) is 0 Å². The molecule has 0 saturated heterocycles. The van der Waals surface area contributed by atoms with Crippen molar-refractivity contribution in [2.75, 3.05) is 16.4 Å². The van der Waals surface area contributed by atoms with Gasteiger partial charge in [0, 0.05) is 30.0 Å². The maximum Gasteiger partial charge on any atom is 0.221 e. The van der Waals surface area contributed by atoms with Gasteiger partial charge in [-0.15, -0.1) is 11.8 Å². The van der Waals surface area contributed by atoms with Crippen molar-refractivity contribution in [2.45, 2.75) is 18.7 Å². The van der Waals surface area contributed by atoms with Crippen molar-refractivity contribution in [3.63, 3.8) is 0 Å². The third-order valence-electron chi connectivity index (χ3n) is 4.04. The summed E-state index contributed by atoms with van der Waals surface area (Å²) in [5.41, 5.74) is 1.33. The number of nitrogens with one attached hydrogen (secondary N) is 2. The molecule has 3 aromatic rings. The maximum absolute atomic E-state index is 12.8. The number of thioether (sulfide) groups is 1. The van der Waals surface area contributed by atoms with E-state index in [4.69, 9.17) is 0 Å². The number of rotatable bonds is 6. The summed E-state index contributed by atoms with van der Waals surface area (Å²) in [7, 11) is 0. The standard InChI is InChI=1S/C22H20N2O3S/c1-14(25)23-18-8-10-20(21(12-18)24-15(2)26)22(27)13-28-19-9-7-16-5-3-4-6-17(16)11-19/h3-12H,13H2,1-2H3,(H,23,25)(H,24,26). The molecule has 2 amide bonds. The highest BCUT2D eigenvalue weighted by atomic mass is 32.2. The molecule has 0 aliphatic heterocycles. The Morgan fingerprint density at radius 3 is 2.25 bits per heavy atom. The molecule has 0 radical (unpaired) electrons. The third-order valence-corrected chi connectivity index (χ3v) is 5.04. The Hall–Kier alpha value is -3.12. The molecule has 0 aliphatic rings. The number of ketones is 1. The van der Waals surface area contributed by atoms with E-state index in [1.165, 1.54) is 25.6 Å². The number of fused-ring (bicyclic) bond motifs is 1. The van der Waals surface area contributed by atoms with Crippen LogP contribution in [0, 0.1) is 0 Å². The molecule has 0 fully saturated rings. The van der Waals surface area contributed by atoms with Crippen LogP contribution in [0.1, 0.15) is 24.2 Å². The van der Waals surface area contributed by atoms with E-state index in [0.29, 0.717) is 16.9 Å². The summed E-state index contributed by atoms with van der Waals surface area (Å²) >= 11 is 1.45. The van der Waals surface area contributed by atoms with Crippen molar-refractivity contribution in [1.82, 2.24) is 0 Å². The number of carbonyl (C=O) groups is 3. The molecule has 0 heterocycles. The second kappa shape index (κ2) is 8.71. The zero-order valence-electron chi connectivity index (χ0n) is 15.6. The molecule has 0 atom stereocenters. The molecular formula is C22H20N2O3S. The lowest BCUT2D eigenvalue weighted by Gasteiger charge is -2.12. The van der Waals surface area contributed by atoms with Crippen LogP contribution in [-0.2, 0) is 9.59 Å². The minimum Gasteiger partial charge on any atom is -0.326 e. The zero-order chi connectivity index (χ0) is 20.1. The van der Waals surface area contributed by atoms with E-state index in [-0.39, 0.29) is 23.4 Å². The predicted octanol–water partition coefficient (Wildman–Crippen LogP) is 4.73. The highest BCUT2D eigenvalue weighted by Gasteiger charge is 2.14. The Bertz CT molecular complexity index is 1060. The third kappa shape index (κ3) is 4.98. The van der Waals surface area contributed by atoms with Gasteiger partial charge < -0.3 is 10.6 Å². The summed E-state index contributed by atoms with van der Waals surface area (Å²) in [6.07, 6.45) is 0. The zero-order valence-corrected chi connectivity index (χ0v) is 16.4. The average Bonchev–Trinajstić information content (AvgIpc) is 2.65. The number of hydrogen-bond donors (Lipinski definition) is 2. The Balaban J connectivity index is 1.78. The number of Topliss-reactive ketones (excluding diaryl/α,β-unsaturated/α-hetero) is 1. The molecule has 0 bridgehead atoms. The van der Waals surface area contributed by atoms with E-state index in [1.54, 1.807) is 18.2 Å². The summed E-state index contributed by atoms with van der Waals surface area (Å²) in [4.78, 5) is 36.5. The monoisotopic (exact) mass is 392 g/mol. The fourth-order valence-electron chi connectivity index (χ4n) is 2.85. The predicted molar refractivity (Wildman–Crippen MR) is 114 cm³/mol. The molecule has 142 valence electrons. The van der Waals surface area contributed by atoms with Crippen LogP contribution in [0.4, 0.5) is 11.4 Å². The molecule has 0 aliphatic carbocycles. The summed E-state index contributed by atoms with van der Waals surface area (Å²) in [5, 5.41) is 7.60. The van der Waals surface area contributed by atoms with Crippen molar-refractivity contribution in [3.8, 4) is 0 Å². The first-order chi connectivity index (χ1) is 13.4. The lowest BCUT2D eigenvalue weighted by Crippen LogP contribution is -2.13. The van der Waals surface area contributed by atoms with Crippen LogP contribution in [0.25, 0.3) is 10.8 Å². The van der Waals surface area contributed by atoms with Crippen molar-refractivity contribution in [2.24, 2.45) is 0 Å². The van der Waals surface area contributed by atoms with E-state index in [0.717, 1.165) is 15.7 Å². The molecule has 0 aromatic heterocycles. The number of benzene rings is 3. The van der Waals surface area contributed by atoms with E-state index in [9.17, 15) is 14.4 Å². The molecule has 0 unspecified atom stereocenters. The maximum atomic E-state index is 12.8. The Labute approximate surface area is 167 Å². The highest BCUT2D eigenvalue weighted by molar-refractivity contribution is 8.00. The molecule has 0 spiro atoms. The fraction of sp³-hybridized carbons (Fsp3) is 0.136. The van der Waals surface area contributed by atoms with Crippen LogP contribution in [-0.4, -0.2) is 23.4 Å². The van der Waals surface area contributed by atoms with Crippen LogP contribution in [0.5, 0.6) is 0 Å². The highest BCUT2D eigenvalue weighted by Crippen LogP contribution is 2.27. The molecule has 0 saturated carbocycles. The van der Waals surface area contributed by atoms with Gasteiger partial charge in [0.2, 0.25) is 11.8 Å². The van der Waals surface area contributed by atoms with E-state index >= 15 is 0 Å². The minimum absolute atomic E-state index is 0.101. The van der Waals surface area contributed by atoms with Gasteiger partial charge in [0.25, 0.3) is 0 Å². The fourth-order valence-corrected chi connectivity index (χ4v) is 3.67. The molecule has 3 aromatic carbocycles. The molecule has 28 heavy (non-hydrogen) atoms. The lowest BCUT2D eigenvalue weighted by molar-refractivity contribution is -0.115. The number of anilines is 2. The Kier molecular flexibility index (Phi) is 6.11. The molecule has 5 nitrogen and oxygen atoms in total. The van der Waals surface area contributed by atoms with Gasteiger partial charge in [-0.1, -0.05) is 30.3 Å². The van der Waals surface area contributed by atoms with Crippen molar-refractivity contribution < 1.29 is 14.4 Å². The quantitative estimate of drug-likeness (QED) is 0.470. The first-order valence-electron chi connectivity index (χ1n) is 8.76.